The van der Waals surface area contributed by atoms with Crippen molar-refractivity contribution in [2.45, 2.75) is 0 Å². The van der Waals surface area contributed by atoms with E-state index >= 15 is 0 Å². The number of aliphatic imine (C=N–C) groups is 1. The fourth-order valence-corrected chi connectivity index (χ4v) is 1.79. The summed E-state index contributed by atoms with van der Waals surface area (Å²) < 4.78 is 5.37. The third-order valence-electron chi connectivity index (χ3n) is 2.60. The average Bonchev–Trinajstić information content (AvgIpc) is 2.90. The Labute approximate surface area is 99.9 Å². The fraction of sp³-hybridized carbons (Fsp3) is 0. The van der Waals surface area contributed by atoms with Crippen molar-refractivity contribution in [3.63, 3.8) is 0 Å². The van der Waals surface area contributed by atoms with E-state index in [1.54, 1.807) is 0 Å². The third-order valence-corrected chi connectivity index (χ3v) is 2.60. The van der Waals surface area contributed by atoms with Crippen LogP contribution >= 0.6 is 0 Å². The summed E-state index contributed by atoms with van der Waals surface area (Å²) in [6.45, 7) is 0. The molecule has 0 unspecified atom stereocenters. The highest BCUT2D eigenvalue weighted by atomic mass is 16.5. The van der Waals surface area contributed by atoms with Gasteiger partial charge in [-0.3, -0.25) is 4.74 Å². The Bertz CT molecular complexity index is 570. The first-order chi connectivity index (χ1) is 8.45. The van der Waals surface area contributed by atoms with E-state index in [4.69, 9.17) is 4.74 Å². The van der Waals surface area contributed by atoms with Crippen LogP contribution in [0.15, 0.2) is 65.7 Å². The van der Waals surface area contributed by atoms with Crippen molar-refractivity contribution in [1.82, 2.24) is 0 Å². The first-order valence-corrected chi connectivity index (χ1v) is 5.43. The Morgan fingerprint density at radius 2 is 1.35 bits per heavy atom. The molecule has 80 valence electrons. The molecule has 0 atom stereocenters. The second kappa shape index (κ2) is 4.20. The van der Waals surface area contributed by atoms with Gasteiger partial charge in [-0.15, -0.1) is 0 Å². The van der Waals surface area contributed by atoms with Gasteiger partial charge < -0.3 is 0 Å². The number of rotatable bonds is 2. The molecule has 2 nitrogen and oxygen atoms in total. The zero-order valence-electron chi connectivity index (χ0n) is 9.13. The van der Waals surface area contributed by atoms with Crippen LogP contribution in [0.3, 0.4) is 0 Å². The highest BCUT2D eigenvalue weighted by Crippen LogP contribution is 2.31. The van der Waals surface area contributed by atoms with E-state index in [1.807, 2.05) is 60.7 Å². The summed E-state index contributed by atoms with van der Waals surface area (Å²) in [5.74, 6) is 0.761. The van der Waals surface area contributed by atoms with Gasteiger partial charge in [0.2, 0.25) is 0 Å². The van der Waals surface area contributed by atoms with Crippen LogP contribution in [0.5, 0.6) is 0 Å². The summed E-state index contributed by atoms with van der Waals surface area (Å²) in [7, 11) is 0. The maximum absolute atomic E-state index is 5.37. The van der Waals surface area contributed by atoms with E-state index < -0.39 is 0 Å². The molecule has 1 aliphatic rings. The molecule has 0 N–H and O–H groups in total. The molecule has 3 rings (SSSR count). The van der Waals surface area contributed by atoms with E-state index in [0.717, 1.165) is 22.6 Å². The lowest BCUT2D eigenvalue weighted by molar-refractivity contribution is 0.543. The lowest BCUT2D eigenvalue weighted by Gasteiger charge is -1.94. The molecule has 0 bridgehead atoms. The lowest BCUT2D eigenvalue weighted by atomic mass is 10.1. The van der Waals surface area contributed by atoms with E-state index in [1.165, 1.54) is 0 Å². The zero-order chi connectivity index (χ0) is 11.5. The van der Waals surface area contributed by atoms with Crippen LogP contribution in [0.25, 0.3) is 11.5 Å². The van der Waals surface area contributed by atoms with Crippen LogP contribution in [0, 0.1) is 0 Å². The molecule has 0 saturated carbocycles. The Morgan fingerprint density at radius 1 is 0.765 bits per heavy atom. The minimum atomic E-state index is 0.761. The quantitative estimate of drug-likeness (QED) is 0.710. The molecular weight excluding hydrogens is 210 g/mol. The van der Waals surface area contributed by atoms with Crippen molar-refractivity contribution in [3.05, 3.63) is 71.8 Å². The van der Waals surface area contributed by atoms with Gasteiger partial charge in [0, 0.05) is 0 Å². The van der Waals surface area contributed by atoms with Gasteiger partial charge in [-0.25, -0.2) is 0 Å². The summed E-state index contributed by atoms with van der Waals surface area (Å²) in [5.41, 5.74) is 2.88. The molecule has 2 aromatic carbocycles. The summed E-state index contributed by atoms with van der Waals surface area (Å²) in [4.78, 5) is 4.17. The Balaban J connectivity index is 2.10. The minimum absolute atomic E-state index is 0.761. The van der Waals surface area contributed by atoms with Crippen molar-refractivity contribution >= 4 is 17.9 Å². The molecule has 0 radical (unpaired) electrons. The van der Waals surface area contributed by atoms with E-state index in [-0.39, 0.29) is 0 Å². The van der Waals surface area contributed by atoms with Crippen molar-refractivity contribution in [3.8, 4) is 0 Å². The van der Waals surface area contributed by atoms with Crippen LogP contribution in [0.1, 0.15) is 11.1 Å². The molecule has 0 fully saturated rings. The van der Waals surface area contributed by atoms with Crippen molar-refractivity contribution in [1.29, 1.82) is 0 Å². The maximum atomic E-state index is 5.37. The lowest BCUT2D eigenvalue weighted by Crippen LogP contribution is -1.88. The Morgan fingerprint density at radius 3 is 2.00 bits per heavy atom. The Hall–Kier alpha value is -2.44. The Kier molecular flexibility index (Phi) is 2.41. The van der Waals surface area contributed by atoms with Crippen LogP contribution in [-0.4, -0.2) is 6.40 Å². The van der Waals surface area contributed by atoms with Gasteiger partial charge in [-0.05, 0) is 29.3 Å². The largest absolute Gasteiger partial charge is 0.370 e. The molecule has 0 amide bonds. The molecule has 0 saturated heterocycles. The van der Waals surface area contributed by atoms with Crippen molar-refractivity contribution in [2.24, 2.45) is 4.99 Å². The second-order valence-corrected chi connectivity index (χ2v) is 3.71. The van der Waals surface area contributed by atoms with E-state index in [0.29, 0.717) is 0 Å². The van der Waals surface area contributed by atoms with Gasteiger partial charge in [0.25, 0.3) is 5.70 Å². The van der Waals surface area contributed by atoms with Gasteiger partial charge in [0.15, 0.2) is 0 Å². The molecule has 0 spiro atoms. The summed E-state index contributed by atoms with van der Waals surface area (Å²) in [6.07, 6.45) is 2.57. The van der Waals surface area contributed by atoms with E-state index in [2.05, 4.69) is 11.4 Å². The summed E-state index contributed by atoms with van der Waals surface area (Å²) in [6, 6.07) is 19.9. The van der Waals surface area contributed by atoms with Gasteiger partial charge in [-0.2, -0.15) is 0 Å². The average molecular weight is 220 g/mol. The number of benzene rings is 2. The predicted octanol–water partition coefficient (Wildman–Crippen LogP) is 3.45. The predicted molar refractivity (Wildman–Crippen MR) is 68.2 cm³/mol. The van der Waals surface area contributed by atoms with Crippen LogP contribution in [0.2, 0.25) is 0 Å². The molecular formula is C15H10NO+. The zero-order valence-corrected chi connectivity index (χ0v) is 9.13. The molecule has 1 heterocycles. The molecule has 0 aliphatic carbocycles. The standard InChI is InChI=1S/C15H10NO/c1-3-7-12(8-4-1)14-15(17-11-16-14)13-9-5-2-6-10-13/h1-10H/q+1. The first-order valence-electron chi connectivity index (χ1n) is 5.43. The van der Waals surface area contributed by atoms with Crippen LogP contribution in [-0.2, 0) is 4.74 Å². The van der Waals surface area contributed by atoms with Gasteiger partial charge in [0.1, 0.15) is 0 Å². The monoisotopic (exact) mass is 220 g/mol. The fourth-order valence-electron chi connectivity index (χ4n) is 1.79. The molecule has 1 aliphatic heterocycles. The van der Waals surface area contributed by atoms with Gasteiger partial charge in [-0.1, -0.05) is 36.4 Å². The summed E-state index contributed by atoms with van der Waals surface area (Å²) in [5, 5.41) is 0. The minimum Gasteiger partial charge on any atom is -0.251 e. The van der Waals surface area contributed by atoms with Crippen molar-refractivity contribution < 1.29 is 4.74 Å². The number of nitrogens with zero attached hydrogens (tertiary/aromatic N) is 1. The number of ether oxygens (including phenoxy) is 1. The molecule has 0 aromatic heterocycles. The number of hydrogen-bond donors (Lipinski definition) is 0. The maximum Gasteiger partial charge on any atom is 0.370 e. The topological polar surface area (TPSA) is 21.6 Å². The number of hydrogen-bond acceptors (Lipinski definition) is 2. The highest BCUT2D eigenvalue weighted by molar-refractivity contribution is 5.95. The first kappa shape index (κ1) is 9.76. The molecule has 17 heavy (non-hydrogen) atoms. The molecule has 2 aromatic rings. The highest BCUT2D eigenvalue weighted by Gasteiger charge is 2.29. The smallest absolute Gasteiger partial charge is 0.251 e. The second-order valence-electron chi connectivity index (χ2n) is 3.71. The summed E-state index contributed by atoms with van der Waals surface area (Å²) >= 11 is 0. The van der Waals surface area contributed by atoms with Gasteiger partial charge in [0.05, 0.1) is 11.1 Å². The van der Waals surface area contributed by atoms with Gasteiger partial charge >= 0.3 is 12.2 Å². The van der Waals surface area contributed by atoms with E-state index in [9.17, 15) is 0 Å². The van der Waals surface area contributed by atoms with Crippen LogP contribution < -0.4 is 0 Å². The third kappa shape index (κ3) is 1.82. The van der Waals surface area contributed by atoms with Crippen LogP contribution in [0.4, 0.5) is 0 Å². The SMILES string of the molecule is [C+]1=NC(c2ccccc2)=C(c2ccccc2)O1. The molecule has 2 heteroatoms. The van der Waals surface area contributed by atoms with Crippen molar-refractivity contribution in [2.75, 3.05) is 0 Å². The normalized spacial score (nSPS) is 13.4.